The topological polar surface area (TPSA) is 63.6 Å². The van der Waals surface area contributed by atoms with E-state index in [0.717, 1.165) is 11.8 Å². The van der Waals surface area contributed by atoms with Crippen LogP contribution in [0.1, 0.15) is 5.56 Å². The van der Waals surface area contributed by atoms with Crippen LogP contribution in [0.25, 0.3) is 0 Å². The summed E-state index contributed by atoms with van der Waals surface area (Å²) in [6, 6.07) is 4.81. The molecule has 0 bridgehead atoms. The molecule has 0 unspecified atom stereocenters. The fraction of sp³-hybridized carbons (Fsp3) is 0.400. The summed E-state index contributed by atoms with van der Waals surface area (Å²) in [5.41, 5.74) is 0.849. The molecular weight excluding hydrogens is 216 g/mol. The van der Waals surface area contributed by atoms with Gasteiger partial charge in [0, 0.05) is 12.9 Å². The van der Waals surface area contributed by atoms with Gasteiger partial charge >= 0.3 is 0 Å². The van der Waals surface area contributed by atoms with Crippen LogP contribution in [-0.4, -0.2) is 33.5 Å². The summed E-state index contributed by atoms with van der Waals surface area (Å²) in [5.74, 6) is 0.323. The highest BCUT2D eigenvalue weighted by molar-refractivity contribution is 7.90. The Bertz CT molecular complexity index is 437. The molecule has 1 aromatic rings. The summed E-state index contributed by atoms with van der Waals surface area (Å²) >= 11 is 0. The van der Waals surface area contributed by atoms with E-state index in [1.165, 1.54) is 13.2 Å². The van der Waals surface area contributed by atoms with Crippen molar-refractivity contribution in [3.8, 4) is 5.75 Å². The zero-order chi connectivity index (χ0) is 11.5. The number of aliphatic hydroxyl groups is 1. The van der Waals surface area contributed by atoms with Gasteiger partial charge in [0.15, 0.2) is 9.84 Å². The van der Waals surface area contributed by atoms with Gasteiger partial charge in [-0.2, -0.15) is 0 Å². The van der Waals surface area contributed by atoms with E-state index < -0.39 is 9.84 Å². The van der Waals surface area contributed by atoms with E-state index in [2.05, 4.69) is 0 Å². The van der Waals surface area contributed by atoms with Gasteiger partial charge in [-0.1, -0.05) is 6.07 Å². The zero-order valence-corrected chi connectivity index (χ0v) is 9.54. The van der Waals surface area contributed by atoms with Crippen LogP contribution in [0, 0.1) is 0 Å². The average Bonchev–Trinajstić information content (AvgIpc) is 2.16. The van der Waals surface area contributed by atoms with E-state index >= 15 is 0 Å². The van der Waals surface area contributed by atoms with Gasteiger partial charge < -0.3 is 9.84 Å². The van der Waals surface area contributed by atoms with E-state index in [0.29, 0.717) is 12.2 Å². The monoisotopic (exact) mass is 230 g/mol. The second-order valence-corrected chi connectivity index (χ2v) is 5.22. The molecule has 0 radical (unpaired) electrons. The lowest BCUT2D eigenvalue weighted by molar-refractivity contribution is 0.299. The van der Waals surface area contributed by atoms with E-state index in [4.69, 9.17) is 9.84 Å². The van der Waals surface area contributed by atoms with Gasteiger partial charge in [-0.25, -0.2) is 8.42 Å². The first-order chi connectivity index (χ1) is 6.99. The number of benzene rings is 1. The molecule has 0 fully saturated rings. The molecule has 0 saturated heterocycles. The third kappa shape index (κ3) is 2.94. The molecule has 15 heavy (non-hydrogen) atoms. The zero-order valence-electron chi connectivity index (χ0n) is 8.73. The lowest BCUT2D eigenvalue weighted by Gasteiger charge is -2.08. The van der Waals surface area contributed by atoms with Crippen molar-refractivity contribution >= 4 is 9.84 Å². The van der Waals surface area contributed by atoms with Gasteiger partial charge in [0.2, 0.25) is 0 Å². The van der Waals surface area contributed by atoms with Crippen LogP contribution in [0.5, 0.6) is 5.75 Å². The highest BCUT2D eigenvalue weighted by Crippen LogP contribution is 2.24. The molecule has 0 atom stereocenters. The number of ether oxygens (including phenoxy) is 1. The Morgan fingerprint density at radius 3 is 2.53 bits per heavy atom. The quantitative estimate of drug-likeness (QED) is 0.824. The van der Waals surface area contributed by atoms with Crippen LogP contribution in [0.3, 0.4) is 0 Å². The number of hydrogen-bond donors (Lipinski definition) is 1. The second-order valence-electron chi connectivity index (χ2n) is 3.23. The lowest BCUT2D eigenvalue weighted by atomic mass is 10.1. The van der Waals surface area contributed by atoms with Crippen molar-refractivity contribution in [2.24, 2.45) is 0 Å². The Hall–Kier alpha value is -1.07. The standard InChI is InChI=1S/C10H14O4S/c1-14-9-7-8(5-6-11)3-4-10(9)15(2,12)13/h3-4,7,11H,5-6H2,1-2H3. The second kappa shape index (κ2) is 4.63. The first-order valence-corrected chi connectivity index (χ1v) is 6.36. The van der Waals surface area contributed by atoms with E-state index in [-0.39, 0.29) is 11.5 Å². The van der Waals surface area contributed by atoms with E-state index in [9.17, 15) is 8.42 Å². The molecule has 0 saturated carbocycles. The fourth-order valence-corrected chi connectivity index (χ4v) is 2.13. The third-order valence-electron chi connectivity index (χ3n) is 2.03. The minimum atomic E-state index is -3.26. The van der Waals surface area contributed by atoms with Crippen molar-refractivity contribution in [1.29, 1.82) is 0 Å². The van der Waals surface area contributed by atoms with E-state index in [1.807, 2.05) is 0 Å². The number of methoxy groups -OCH3 is 1. The summed E-state index contributed by atoms with van der Waals surface area (Å²) in [6.45, 7) is 0.0291. The molecule has 1 N–H and O–H groups in total. The molecule has 0 aliphatic carbocycles. The Morgan fingerprint density at radius 2 is 2.07 bits per heavy atom. The Balaban J connectivity index is 3.21. The molecule has 1 aromatic carbocycles. The van der Waals surface area contributed by atoms with Crippen molar-refractivity contribution in [1.82, 2.24) is 0 Å². The minimum absolute atomic E-state index is 0.0291. The Kier molecular flexibility index (Phi) is 3.71. The van der Waals surface area contributed by atoms with Gasteiger partial charge in [0.05, 0.1) is 7.11 Å². The molecule has 0 heterocycles. The predicted molar refractivity (Wildman–Crippen MR) is 56.9 cm³/mol. The summed E-state index contributed by atoms with van der Waals surface area (Å²) in [6.07, 6.45) is 1.62. The normalized spacial score (nSPS) is 11.4. The van der Waals surface area contributed by atoms with Crippen LogP contribution in [0.4, 0.5) is 0 Å². The highest BCUT2D eigenvalue weighted by Gasteiger charge is 2.14. The highest BCUT2D eigenvalue weighted by atomic mass is 32.2. The molecule has 1 rings (SSSR count). The average molecular weight is 230 g/mol. The molecule has 0 spiro atoms. The predicted octanol–water partition coefficient (Wildman–Crippen LogP) is 0.633. The molecule has 84 valence electrons. The third-order valence-corrected chi connectivity index (χ3v) is 3.16. The van der Waals surface area contributed by atoms with Crippen LogP contribution in [0.15, 0.2) is 23.1 Å². The van der Waals surface area contributed by atoms with Crippen molar-refractivity contribution < 1.29 is 18.3 Å². The summed E-state index contributed by atoms with van der Waals surface area (Å²) in [5, 5.41) is 8.75. The Labute approximate surface area is 89.4 Å². The van der Waals surface area contributed by atoms with Gasteiger partial charge in [-0.15, -0.1) is 0 Å². The molecule has 0 aromatic heterocycles. The maximum atomic E-state index is 11.4. The molecular formula is C10H14O4S. The van der Waals surface area contributed by atoms with Gasteiger partial charge in [0.1, 0.15) is 10.6 Å². The Morgan fingerprint density at radius 1 is 1.40 bits per heavy atom. The lowest BCUT2D eigenvalue weighted by Crippen LogP contribution is -2.02. The smallest absolute Gasteiger partial charge is 0.179 e. The van der Waals surface area contributed by atoms with Crippen molar-refractivity contribution in [2.45, 2.75) is 11.3 Å². The van der Waals surface area contributed by atoms with Crippen LogP contribution >= 0.6 is 0 Å². The first-order valence-electron chi connectivity index (χ1n) is 4.47. The molecule has 4 nitrogen and oxygen atoms in total. The summed E-state index contributed by atoms with van der Waals surface area (Å²) in [7, 11) is -1.84. The van der Waals surface area contributed by atoms with E-state index in [1.54, 1.807) is 12.1 Å². The molecule has 5 heteroatoms. The van der Waals surface area contributed by atoms with Crippen molar-refractivity contribution in [3.63, 3.8) is 0 Å². The summed E-state index contributed by atoms with van der Waals surface area (Å²) in [4.78, 5) is 0.173. The number of aliphatic hydroxyl groups excluding tert-OH is 1. The fourth-order valence-electron chi connectivity index (χ4n) is 1.30. The molecule has 0 aliphatic rings. The van der Waals surface area contributed by atoms with Crippen molar-refractivity contribution in [2.75, 3.05) is 20.0 Å². The number of rotatable bonds is 4. The van der Waals surface area contributed by atoms with Crippen LogP contribution < -0.4 is 4.74 Å². The van der Waals surface area contributed by atoms with Gasteiger partial charge in [0.25, 0.3) is 0 Å². The SMILES string of the molecule is COc1cc(CCO)ccc1S(C)(=O)=O. The maximum absolute atomic E-state index is 11.4. The van der Waals surface area contributed by atoms with Gasteiger partial charge in [-0.3, -0.25) is 0 Å². The van der Waals surface area contributed by atoms with Gasteiger partial charge in [-0.05, 0) is 24.1 Å². The first kappa shape index (κ1) is 12.0. The molecule has 0 aliphatic heterocycles. The maximum Gasteiger partial charge on any atom is 0.179 e. The number of sulfone groups is 1. The molecule has 0 amide bonds. The summed E-state index contributed by atoms with van der Waals surface area (Å²) < 4.78 is 27.7. The van der Waals surface area contributed by atoms with Crippen molar-refractivity contribution in [3.05, 3.63) is 23.8 Å². The van der Waals surface area contributed by atoms with Crippen LogP contribution in [-0.2, 0) is 16.3 Å². The number of hydrogen-bond acceptors (Lipinski definition) is 4. The largest absolute Gasteiger partial charge is 0.495 e. The minimum Gasteiger partial charge on any atom is -0.495 e. The van der Waals surface area contributed by atoms with Crippen LogP contribution in [0.2, 0.25) is 0 Å².